The molecule has 0 amide bonds. The van der Waals surface area contributed by atoms with Gasteiger partial charge in [0.15, 0.2) is 0 Å². The van der Waals surface area contributed by atoms with Gasteiger partial charge in [-0.1, -0.05) is 24.3 Å². The molecule has 25 heavy (non-hydrogen) atoms. The summed E-state index contributed by atoms with van der Waals surface area (Å²) in [5.41, 5.74) is 5.98. The Labute approximate surface area is 178 Å². The second-order valence-electron chi connectivity index (χ2n) is 7.52. The summed E-state index contributed by atoms with van der Waals surface area (Å²) in [6.45, 7) is 0. The van der Waals surface area contributed by atoms with Crippen molar-refractivity contribution in [3.05, 3.63) is 46.6 Å². The van der Waals surface area contributed by atoms with E-state index < -0.39 is 0 Å². The Kier molecular flexibility index (Phi) is 6.92. The van der Waals surface area contributed by atoms with Crippen LogP contribution in [-0.4, -0.2) is 16.9 Å². The first kappa shape index (κ1) is 20.1. The van der Waals surface area contributed by atoms with Gasteiger partial charge < -0.3 is 0 Å². The molecular formula is C21H27Cl2OZr. The van der Waals surface area contributed by atoms with E-state index in [4.69, 9.17) is 23.2 Å². The number of allylic oxidation sites excluding steroid dienone is 8. The van der Waals surface area contributed by atoms with E-state index >= 15 is 0 Å². The van der Waals surface area contributed by atoms with Crippen molar-refractivity contribution in [1.82, 2.24) is 0 Å². The molecule has 0 bridgehead atoms. The van der Waals surface area contributed by atoms with Crippen molar-refractivity contribution in [3.63, 3.8) is 0 Å². The number of alkyl halides is 2. The molecule has 135 valence electrons. The molecule has 0 fully saturated rings. The Hall–Kier alpha value is 0.383. The van der Waals surface area contributed by atoms with Crippen LogP contribution < -0.4 is 0 Å². The molecule has 4 rings (SSSR count). The van der Waals surface area contributed by atoms with Crippen molar-refractivity contribution < 1.29 is 28.0 Å². The minimum Gasteiger partial charge on any atom is -0.110 e. The van der Waals surface area contributed by atoms with Crippen LogP contribution in [0.25, 0.3) is 0 Å². The van der Waals surface area contributed by atoms with Gasteiger partial charge in [0.25, 0.3) is 0 Å². The van der Waals surface area contributed by atoms with Gasteiger partial charge in [0.1, 0.15) is 0 Å². The number of hydrogen-bond donors (Lipinski definition) is 0. The Balaban J connectivity index is 0.000000569. The van der Waals surface area contributed by atoms with E-state index in [1.54, 1.807) is 7.11 Å². The van der Waals surface area contributed by atoms with Crippen LogP contribution >= 0.6 is 23.2 Å². The van der Waals surface area contributed by atoms with Crippen molar-refractivity contribution in [2.45, 2.75) is 74.0 Å². The van der Waals surface area contributed by atoms with Crippen LogP contribution in [0.4, 0.5) is 0 Å². The van der Waals surface area contributed by atoms with Gasteiger partial charge in [0, 0.05) is 0 Å². The van der Waals surface area contributed by atoms with Crippen LogP contribution in [0, 0.1) is 0 Å². The first-order valence-corrected chi connectivity index (χ1v) is 11.2. The molecule has 0 spiro atoms. The second kappa shape index (κ2) is 8.60. The van der Waals surface area contributed by atoms with E-state index in [0.717, 1.165) is 38.0 Å². The van der Waals surface area contributed by atoms with E-state index in [1.165, 1.54) is 73.7 Å². The summed E-state index contributed by atoms with van der Waals surface area (Å²) in [4.78, 5) is -0.521. The van der Waals surface area contributed by atoms with E-state index in [0.29, 0.717) is 0 Å². The van der Waals surface area contributed by atoms with Crippen molar-refractivity contribution in [2.24, 2.45) is 0 Å². The summed E-state index contributed by atoms with van der Waals surface area (Å²) in [5.74, 6) is 0. The topological polar surface area (TPSA) is 9.23 Å². The summed E-state index contributed by atoms with van der Waals surface area (Å²) in [6, 6.07) is 0. The van der Waals surface area contributed by atoms with Crippen LogP contribution in [-0.2, 0) is 28.0 Å². The standard InChI is InChI=1S/C20H24Cl2.CH3O.Zr/c21-19(11-9-15-5-1-3-7-17(15)19)13-14-20(22)12-10-16-6-2-4-8-18(16)20;1-2;/h9-12H,1-8,13-14H2;1H3;/q;-1;+1. The molecule has 4 aliphatic rings. The van der Waals surface area contributed by atoms with E-state index in [-0.39, 0.29) is 9.75 Å². The van der Waals surface area contributed by atoms with Crippen molar-refractivity contribution >= 4 is 23.2 Å². The van der Waals surface area contributed by atoms with Gasteiger partial charge in [0.05, 0.1) is 9.75 Å². The zero-order valence-electron chi connectivity index (χ0n) is 15.0. The minimum absolute atomic E-state index is 0.260. The molecule has 0 heterocycles. The molecule has 0 aromatic carbocycles. The Morgan fingerprint density at radius 2 is 1.20 bits per heavy atom. The zero-order valence-corrected chi connectivity index (χ0v) is 19.0. The second-order valence-corrected chi connectivity index (χ2v) is 9.87. The smallest absolute Gasteiger partial charge is 0.0844 e. The van der Waals surface area contributed by atoms with Gasteiger partial charge >= 0.3 is 35.1 Å². The number of halogens is 2. The minimum atomic E-state index is -0.260. The van der Waals surface area contributed by atoms with Gasteiger partial charge in [0.2, 0.25) is 0 Å². The van der Waals surface area contributed by atoms with Gasteiger partial charge in [-0.25, -0.2) is 0 Å². The fourth-order valence-electron chi connectivity index (χ4n) is 4.67. The summed E-state index contributed by atoms with van der Waals surface area (Å²) in [5, 5.41) is 0. The van der Waals surface area contributed by atoms with E-state index in [1.807, 2.05) is 0 Å². The Morgan fingerprint density at radius 3 is 1.60 bits per heavy atom. The van der Waals surface area contributed by atoms with E-state index in [2.05, 4.69) is 27.1 Å². The summed E-state index contributed by atoms with van der Waals surface area (Å²) in [7, 11) is 1.66. The first-order valence-electron chi connectivity index (χ1n) is 9.43. The molecule has 0 saturated heterocycles. The largest absolute Gasteiger partial charge is 0.110 e. The summed E-state index contributed by atoms with van der Waals surface area (Å²) >= 11 is 15.2. The van der Waals surface area contributed by atoms with Crippen LogP contribution in [0.3, 0.4) is 0 Å². The monoisotopic (exact) mass is 455 g/mol. The fourth-order valence-corrected chi connectivity index (χ4v) is 5.42. The molecule has 0 aromatic rings. The first-order chi connectivity index (χ1) is 12.0. The maximum absolute atomic E-state index is 7.02. The predicted molar refractivity (Wildman–Crippen MR) is 103 cm³/mol. The third-order valence-electron chi connectivity index (χ3n) is 5.97. The van der Waals surface area contributed by atoms with Crippen LogP contribution in [0.2, 0.25) is 0 Å². The van der Waals surface area contributed by atoms with Crippen LogP contribution in [0.5, 0.6) is 0 Å². The van der Waals surface area contributed by atoms with Gasteiger partial charge in [-0.05, 0) is 86.5 Å². The summed E-state index contributed by atoms with van der Waals surface area (Å²) in [6.07, 6.45) is 20.9. The normalized spacial score (nSPS) is 33.2. The summed E-state index contributed by atoms with van der Waals surface area (Å²) < 4.78 is 4.34. The Morgan fingerprint density at radius 1 is 0.840 bits per heavy atom. The number of hydrogen-bond acceptors (Lipinski definition) is 1. The molecule has 4 aliphatic carbocycles. The van der Waals surface area contributed by atoms with Crippen LogP contribution in [0.15, 0.2) is 46.6 Å². The molecule has 0 aliphatic heterocycles. The molecule has 4 heteroatoms. The van der Waals surface area contributed by atoms with Gasteiger partial charge in [-0.2, -0.15) is 0 Å². The maximum Gasteiger partial charge on any atom is 0.0844 e. The quantitative estimate of drug-likeness (QED) is 0.429. The average molecular weight is 458 g/mol. The van der Waals surface area contributed by atoms with Gasteiger partial charge in [-0.15, -0.1) is 23.2 Å². The third-order valence-corrected chi connectivity index (χ3v) is 7.06. The predicted octanol–water partition coefficient (Wildman–Crippen LogP) is 6.70. The SMILES string of the molecule is C[O][Zr].ClC1(CCC2(Cl)C=CC3=C2CCCC3)C=CC2=C1CCCC2. The molecule has 1 nitrogen and oxygen atoms in total. The fraction of sp³-hybridized carbons (Fsp3) is 0.619. The van der Waals surface area contributed by atoms with Crippen molar-refractivity contribution in [2.75, 3.05) is 7.11 Å². The molecule has 0 N–H and O–H groups in total. The molecule has 2 unspecified atom stereocenters. The average Bonchev–Trinajstić information content (AvgIpc) is 3.14. The molecule has 0 aromatic heterocycles. The molecule has 0 saturated carbocycles. The maximum atomic E-state index is 7.02. The molecular weight excluding hydrogens is 430 g/mol. The number of rotatable bonds is 3. The van der Waals surface area contributed by atoms with Crippen molar-refractivity contribution in [3.8, 4) is 0 Å². The zero-order chi connectivity index (χ0) is 17.9. The Bertz CT molecular complexity index is 580. The molecule has 0 radical (unpaired) electrons. The van der Waals surface area contributed by atoms with E-state index in [9.17, 15) is 0 Å². The van der Waals surface area contributed by atoms with Gasteiger partial charge in [-0.3, -0.25) is 0 Å². The third kappa shape index (κ3) is 4.29. The van der Waals surface area contributed by atoms with Crippen molar-refractivity contribution in [1.29, 1.82) is 0 Å². The van der Waals surface area contributed by atoms with Crippen LogP contribution in [0.1, 0.15) is 64.2 Å². The molecule has 2 atom stereocenters.